The second kappa shape index (κ2) is 13.9. The van der Waals surface area contributed by atoms with Crippen molar-refractivity contribution in [3.05, 3.63) is 59.7 Å². The fraction of sp³-hybridized carbons (Fsp3) is 0.462. The summed E-state index contributed by atoms with van der Waals surface area (Å²) in [7, 11) is 6.41. The molecule has 0 N–H and O–H groups in total. The van der Waals surface area contributed by atoms with Gasteiger partial charge in [-0.25, -0.2) is 0 Å². The van der Waals surface area contributed by atoms with E-state index in [1.165, 1.54) is 0 Å². The van der Waals surface area contributed by atoms with Crippen molar-refractivity contribution in [2.45, 2.75) is 31.2 Å². The molecule has 186 valence electrons. The Labute approximate surface area is 201 Å². The van der Waals surface area contributed by atoms with Crippen molar-refractivity contribution in [3.63, 3.8) is 0 Å². The van der Waals surface area contributed by atoms with Gasteiger partial charge in [0.1, 0.15) is 12.5 Å². The largest absolute Gasteiger partial charge is 0.493 e. The lowest BCUT2D eigenvalue weighted by atomic mass is 9.95. The van der Waals surface area contributed by atoms with Crippen LogP contribution in [0.1, 0.15) is 30.1 Å². The zero-order valence-electron chi connectivity index (χ0n) is 20.2. The summed E-state index contributed by atoms with van der Waals surface area (Å²) in [6, 6.07) is 13.6. The Kier molecular flexibility index (Phi) is 10.7. The zero-order valence-corrected chi connectivity index (χ0v) is 20.2. The number of hydrogen-bond donors (Lipinski definition) is 0. The van der Waals surface area contributed by atoms with Gasteiger partial charge in [-0.1, -0.05) is 30.4 Å². The van der Waals surface area contributed by atoms with Crippen LogP contribution < -0.4 is 14.2 Å². The van der Waals surface area contributed by atoms with Gasteiger partial charge in [0, 0.05) is 34.2 Å². The number of benzene rings is 2. The summed E-state index contributed by atoms with van der Waals surface area (Å²) >= 11 is 0. The van der Waals surface area contributed by atoms with Crippen LogP contribution in [0.2, 0.25) is 0 Å². The number of methoxy groups -OCH3 is 4. The first kappa shape index (κ1) is 26.0. The van der Waals surface area contributed by atoms with Crippen molar-refractivity contribution in [2.24, 2.45) is 0 Å². The number of hydrogen-bond acceptors (Lipinski definition) is 8. The lowest BCUT2D eigenvalue weighted by Crippen LogP contribution is -2.32. The molecule has 1 heterocycles. The van der Waals surface area contributed by atoms with Gasteiger partial charge in [0.2, 0.25) is 0 Å². The van der Waals surface area contributed by atoms with Gasteiger partial charge in [0.05, 0.1) is 25.4 Å². The normalized spacial score (nSPS) is 20.4. The SMILES string of the molecule is COCOc1ccc(/C=C/[C@@H]2C[C@@H](OCOC)C[C@H](c3ccc(OCOC)c(OC)c3)O2)cc1. The molecule has 1 aliphatic rings. The predicted octanol–water partition coefficient (Wildman–Crippen LogP) is 4.58. The molecule has 2 aromatic carbocycles. The molecule has 0 amide bonds. The Morgan fingerprint density at radius 1 is 0.824 bits per heavy atom. The molecule has 34 heavy (non-hydrogen) atoms. The van der Waals surface area contributed by atoms with Crippen molar-refractivity contribution in [2.75, 3.05) is 48.8 Å². The lowest BCUT2D eigenvalue weighted by molar-refractivity contribution is -0.139. The van der Waals surface area contributed by atoms with Gasteiger partial charge in [-0.15, -0.1) is 0 Å². The van der Waals surface area contributed by atoms with Crippen LogP contribution in [0.15, 0.2) is 48.5 Å². The number of rotatable bonds is 13. The molecule has 8 nitrogen and oxygen atoms in total. The predicted molar refractivity (Wildman–Crippen MR) is 127 cm³/mol. The first-order valence-electron chi connectivity index (χ1n) is 11.1. The van der Waals surface area contributed by atoms with E-state index in [1.54, 1.807) is 28.4 Å². The van der Waals surface area contributed by atoms with Crippen LogP contribution in [0.5, 0.6) is 17.2 Å². The highest BCUT2D eigenvalue weighted by Gasteiger charge is 2.30. The summed E-state index contributed by atoms with van der Waals surface area (Å²) < 4.78 is 43.9. The minimum Gasteiger partial charge on any atom is -0.493 e. The van der Waals surface area contributed by atoms with Crippen molar-refractivity contribution >= 4 is 6.08 Å². The summed E-state index contributed by atoms with van der Waals surface area (Å²) in [5, 5.41) is 0. The first-order valence-corrected chi connectivity index (χ1v) is 11.1. The third-order valence-corrected chi connectivity index (χ3v) is 5.35. The smallest absolute Gasteiger partial charge is 0.188 e. The molecule has 0 aliphatic carbocycles. The Bertz CT molecular complexity index is 883. The van der Waals surface area contributed by atoms with E-state index < -0.39 is 0 Å². The highest BCUT2D eigenvalue weighted by Crippen LogP contribution is 2.37. The van der Waals surface area contributed by atoms with Gasteiger partial charge in [-0.2, -0.15) is 0 Å². The second-order valence-electron chi connectivity index (χ2n) is 7.77. The van der Waals surface area contributed by atoms with Crippen LogP contribution in [0, 0.1) is 0 Å². The van der Waals surface area contributed by atoms with Crippen molar-refractivity contribution in [1.82, 2.24) is 0 Å². The Morgan fingerprint density at radius 3 is 2.26 bits per heavy atom. The van der Waals surface area contributed by atoms with E-state index in [1.807, 2.05) is 48.5 Å². The lowest BCUT2D eigenvalue weighted by Gasteiger charge is -2.34. The van der Waals surface area contributed by atoms with Gasteiger partial charge in [-0.05, 0) is 35.4 Å². The third-order valence-electron chi connectivity index (χ3n) is 5.35. The zero-order chi connectivity index (χ0) is 24.2. The van der Waals surface area contributed by atoms with E-state index in [0.717, 1.165) is 23.3 Å². The third kappa shape index (κ3) is 7.72. The molecule has 0 unspecified atom stereocenters. The topological polar surface area (TPSA) is 73.8 Å². The summed E-state index contributed by atoms with van der Waals surface area (Å²) in [4.78, 5) is 0. The quantitative estimate of drug-likeness (QED) is 0.391. The Morgan fingerprint density at radius 2 is 1.56 bits per heavy atom. The van der Waals surface area contributed by atoms with E-state index in [-0.39, 0.29) is 38.7 Å². The minimum absolute atomic E-state index is 0.00594. The van der Waals surface area contributed by atoms with E-state index in [0.29, 0.717) is 17.9 Å². The average molecular weight is 475 g/mol. The summed E-state index contributed by atoms with van der Waals surface area (Å²) in [5.74, 6) is 2.00. The Hall–Kier alpha value is -2.62. The van der Waals surface area contributed by atoms with Crippen molar-refractivity contribution in [3.8, 4) is 17.2 Å². The highest BCUT2D eigenvalue weighted by atomic mass is 16.7. The van der Waals surface area contributed by atoms with E-state index in [9.17, 15) is 0 Å². The van der Waals surface area contributed by atoms with Gasteiger partial charge in [0.15, 0.2) is 25.1 Å². The molecule has 1 saturated heterocycles. The molecule has 0 radical (unpaired) electrons. The van der Waals surface area contributed by atoms with Crippen molar-refractivity contribution < 1.29 is 37.9 Å². The fourth-order valence-corrected chi connectivity index (χ4v) is 3.70. The maximum atomic E-state index is 6.43. The molecule has 0 bridgehead atoms. The molecular weight excluding hydrogens is 440 g/mol. The van der Waals surface area contributed by atoms with Crippen molar-refractivity contribution in [1.29, 1.82) is 0 Å². The first-order chi connectivity index (χ1) is 16.7. The molecule has 8 heteroatoms. The monoisotopic (exact) mass is 474 g/mol. The molecule has 3 rings (SSSR count). The van der Waals surface area contributed by atoms with E-state index >= 15 is 0 Å². The summed E-state index contributed by atoms with van der Waals surface area (Å²) in [6.07, 6.45) is 5.25. The molecule has 0 aromatic heterocycles. The summed E-state index contributed by atoms with van der Waals surface area (Å²) in [5.41, 5.74) is 2.04. The van der Waals surface area contributed by atoms with Crippen LogP contribution >= 0.6 is 0 Å². The van der Waals surface area contributed by atoms with Crippen LogP contribution in [0.3, 0.4) is 0 Å². The van der Waals surface area contributed by atoms with Gasteiger partial charge >= 0.3 is 0 Å². The van der Waals surface area contributed by atoms with Crippen LogP contribution in [-0.4, -0.2) is 61.0 Å². The van der Waals surface area contributed by atoms with Gasteiger partial charge < -0.3 is 37.9 Å². The minimum atomic E-state index is -0.166. The van der Waals surface area contributed by atoms with E-state index in [2.05, 4.69) is 6.08 Å². The van der Waals surface area contributed by atoms with Gasteiger partial charge in [0.25, 0.3) is 0 Å². The molecule has 3 atom stereocenters. The number of ether oxygens (including phenoxy) is 8. The Balaban J connectivity index is 1.72. The molecule has 0 saturated carbocycles. The van der Waals surface area contributed by atoms with Crippen LogP contribution in [0.4, 0.5) is 0 Å². The van der Waals surface area contributed by atoms with Gasteiger partial charge in [-0.3, -0.25) is 0 Å². The highest BCUT2D eigenvalue weighted by molar-refractivity contribution is 5.51. The maximum Gasteiger partial charge on any atom is 0.188 e. The molecule has 1 aliphatic heterocycles. The van der Waals surface area contributed by atoms with Crippen LogP contribution in [-0.2, 0) is 23.7 Å². The second-order valence-corrected chi connectivity index (χ2v) is 7.77. The summed E-state index contributed by atoms with van der Waals surface area (Å²) in [6.45, 7) is 0.610. The molecule has 0 spiro atoms. The molecule has 1 fully saturated rings. The standard InChI is InChI=1S/C26H34O8/c1-27-16-31-21-9-5-19(6-10-21)7-11-22-14-23(32-17-28-2)15-25(34-22)20-8-12-24(33-18-29-3)26(13-20)30-4/h5-13,22-23,25H,14-18H2,1-4H3/b11-7+/t22-,23-,25-/m1/s1. The maximum absolute atomic E-state index is 6.43. The fourth-order valence-electron chi connectivity index (χ4n) is 3.70. The molecule has 2 aromatic rings. The molecular formula is C26H34O8. The average Bonchev–Trinajstić information content (AvgIpc) is 2.88. The van der Waals surface area contributed by atoms with Crippen LogP contribution in [0.25, 0.3) is 6.08 Å². The van der Waals surface area contributed by atoms with E-state index in [4.69, 9.17) is 37.9 Å².